The van der Waals surface area contributed by atoms with Crippen molar-refractivity contribution in [3.05, 3.63) is 97.3 Å². The highest BCUT2D eigenvalue weighted by atomic mass is 16.2. The van der Waals surface area contributed by atoms with Crippen molar-refractivity contribution in [3.63, 3.8) is 0 Å². The first-order valence-corrected chi connectivity index (χ1v) is 17.2. The Balaban J connectivity index is 0.928. The fraction of sp³-hybridized carbons (Fsp3) is 0.263. The average molecular weight is 667 g/mol. The van der Waals surface area contributed by atoms with Crippen molar-refractivity contribution < 1.29 is 9.59 Å². The number of nitrogens with zero attached hydrogens (tertiary/aromatic N) is 8. The van der Waals surface area contributed by atoms with Crippen molar-refractivity contribution in [2.24, 2.45) is 0 Å². The van der Waals surface area contributed by atoms with Gasteiger partial charge in [0.1, 0.15) is 11.4 Å². The van der Waals surface area contributed by atoms with Crippen LogP contribution in [0.2, 0.25) is 0 Å². The van der Waals surface area contributed by atoms with Crippen molar-refractivity contribution in [1.82, 2.24) is 39.8 Å². The van der Waals surface area contributed by atoms with E-state index in [0.717, 1.165) is 108 Å². The molecule has 0 unspecified atom stereocenters. The van der Waals surface area contributed by atoms with Gasteiger partial charge in [-0.1, -0.05) is 34.7 Å². The Bertz CT molecular complexity index is 1980. The zero-order chi connectivity index (χ0) is 33.9. The van der Waals surface area contributed by atoms with Crippen LogP contribution in [0.25, 0.3) is 44.7 Å². The van der Waals surface area contributed by atoms with E-state index in [9.17, 15) is 9.59 Å². The summed E-state index contributed by atoms with van der Waals surface area (Å²) in [7, 11) is 0. The second kappa shape index (κ2) is 14.0. The van der Waals surface area contributed by atoms with E-state index in [1.807, 2.05) is 73.1 Å². The summed E-state index contributed by atoms with van der Waals surface area (Å²) in [5.41, 5.74) is 6.62. The number of carbonyl (C=O) groups is 2. The van der Waals surface area contributed by atoms with Crippen LogP contribution >= 0.6 is 0 Å². The van der Waals surface area contributed by atoms with Crippen LogP contribution in [0.3, 0.4) is 0 Å². The van der Waals surface area contributed by atoms with Gasteiger partial charge in [-0.25, -0.2) is 9.36 Å². The molecule has 50 heavy (non-hydrogen) atoms. The zero-order valence-corrected chi connectivity index (χ0v) is 27.7. The van der Waals surface area contributed by atoms with Gasteiger partial charge in [0.05, 0.1) is 36.9 Å². The van der Waals surface area contributed by atoms with E-state index in [2.05, 4.69) is 65.3 Å². The number of rotatable bonds is 10. The molecule has 4 heterocycles. The van der Waals surface area contributed by atoms with E-state index in [0.29, 0.717) is 13.1 Å². The average Bonchev–Trinajstić information content (AvgIpc) is 3.97. The summed E-state index contributed by atoms with van der Waals surface area (Å²) in [5.74, 6) is 0.0142. The molecule has 2 aromatic heterocycles. The molecule has 6 aromatic rings. The fourth-order valence-corrected chi connectivity index (χ4v) is 6.69. The molecule has 0 aliphatic carbocycles. The standard InChI is InChI=1S/C38H38N10O2/c49-37(25-45-17-1-2-18-45)39-31-9-13-33(14-10-31)47-23-35(41-43-47)28-7-5-27-6-8-29(22-30(27)21-28)36-24-48(44-42-36)34-15-11-32(12-16-34)40-38(50)26-46-19-3-4-20-46/h5-16,21-24H,1-4,17-20,25-26H2,(H,39,49)(H,40,50). The van der Waals surface area contributed by atoms with E-state index in [1.54, 1.807) is 9.36 Å². The largest absolute Gasteiger partial charge is 0.325 e. The van der Waals surface area contributed by atoms with Gasteiger partial charge < -0.3 is 10.6 Å². The van der Waals surface area contributed by atoms with Gasteiger partial charge in [0.15, 0.2) is 0 Å². The molecule has 2 N–H and O–H groups in total. The number of anilines is 2. The lowest BCUT2D eigenvalue weighted by Gasteiger charge is -2.14. The summed E-state index contributed by atoms with van der Waals surface area (Å²) in [6.07, 6.45) is 8.45. The number of nitrogens with one attached hydrogen (secondary N) is 2. The number of likely N-dealkylation sites (tertiary alicyclic amines) is 2. The molecule has 0 atom stereocenters. The lowest BCUT2D eigenvalue weighted by atomic mass is 10.0. The predicted molar refractivity (Wildman–Crippen MR) is 193 cm³/mol. The van der Waals surface area contributed by atoms with Crippen LogP contribution in [0.1, 0.15) is 25.7 Å². The molecule has 2 aliphatic heterocycles. The third-order valence-corrected chi connectivity index (χ3v) is 9.38. The number of hydrogen-bond acceptors (Lipinski definition) is 8. The topological polar surface area (TPSA) is 126 Å². The maximum atomic E-state index is 12.4. The van der Waals surface area contributed by atoms with Gasteiger partial charge in [0, 0.05) is 22.5 Å². The van der Waals surface area contributed by atoms with Gasteiger partial charge in [0.25, 0.3) is 0 Å². The third kappa shape index (κ3) is 7.16. The molecular formula is C38H38N10O2. The second-order valence-electron chi connectivity index (χ2n) is 13.0. The van der Waals surface area contributed by atoms with E-state index < -0.39 is 0 Å². The molecule has 2 aliphatic rings. The molecule has 4 aromatic carbocycles. The number of amides is 2. The zero-order valence-electron chi connectivity index (χ0n) is 27.7. The molecule has 12 heteroatoms. The van der Waals surface area contributed by atoms with E-state index in [4.69, 9.17) is 0 Å². The fourth-order valence-electron chi connectivity index (χ4n) is 6.69. The van der Waals surface area contributed by atoms with Gasteiger partial charge in [-0.2, -0.15) is 0 Å². The molecule has 252 valence electrons. The number of fused-ring (bicyclic) bond motifs is 1. The molecule has 12 nitrogen and oxygen atoms in total. The number of hydrogen-bond donors (Lipinski definition) is 2. The van der Waals surface area contributed by atoms with Crippen LogP contribution in [0, 0.1) is 0 Å². The molecule has 0 bridgehead atoms. The molecule has 2 fully saturated rings. The monoisotopic (exact) mass is 666 g/mol. The van der Waals surface area contributed by atoms with Gasteiger partial charge >= 0.3 is 0 Å². The summed E-state index contributed by atoms with van der Waals surface area (Å²) in [6, 6.07) is 27.7. The molecule has 0 radical (unpaired) electrons. The molecule has 0 saturated carbocycles. The van der Waals surface area contributed by atoms with Gasteiger partial charge in [-0.05, 0) is 123 Å². The number of aromatic nitrogens is 6. The van der Waals surface area contributed by atoms with Crippen LogP contribution in [0.15, 0.2) is 97.3 Å². The van der Waals surface area contributed by atoms with Crippen molar-refractivity contribution in [3.8, 4) is 33.9 Å². The smallest absolute Gasteiger partial charge is 0.238 e. The summed E-state index contributed by atoms with van der Waals surface area (Å²) < 4.78 is 3.47. The minimum Gasteiger partial charge on any atom is -0.325 e. The first kappa shape index (κ1) is 31.5. The van der Waals surface area contributed by atoms with Crippen LogP contribution < -0.4 is 10.6 Å². The van der Waals surface area contributed by atoms with Crippen molar-refractivity contribution in [1.29, 1.82) is 0 Å². The minimum absolute atomic E-state index is 0.00711. The SMILES string of the molecule is O=C(CN1CCCC1)Nc1ccc(-n2cc(-c3ccc4ccc(-c5cn(-c6ccc(NC(=O)CN7CCCC7)cc6)nn5)cc4c3)nn2)cc1. The lowest BCUT2D eigenvalue weighted by Crippen LogP contribution is -2.30. The quantitative estimate of drug-likeness (QED) is 0.199. The van der Waals surface area contributed by atoms with Gasteiger partial charge in [0.2, 0.25) is 11.8 Å². The van der Waals surface area contributed by atoms with Crippen molar-refractivity contribution >= 4 is 34.0 Å². The van der Waals surface area contributed by atoms with Crippen LogP contribution in [-0.2, 0) is 9.59 Å². The predicted octanol–water partition coefficient (Wildman–Crippen LogP) is 5.40. The van der Waals surface area contributed by atoms with Crippen LogP contribution in [0.4, 0.5) is 11.4 Å². The van der Waals surface area contributed by atoms with Crippen molar-refractivity contribution in [2.75, 3.05) is 49.9 Å². The summed E-state index contributed by atoms with van der Waals surface area (Å²) in [5, 5.41) is 25.8. The highest BCUT2D eigenvalue weighted by molar-refractivity contribution is 5.93. The number of benzene rings is 4. The normalized spacial score (nSPS) is 15.1. The third-order valence-electron chi connectivity index (χ3n) is 9.38. The minimum atomic E-state index is 0.00711. The Kier molecular flexibility index (Phi) is 8.85. The summed E-state index contributed by atoms with van der Waals surface area (Å²) in [4.78, 5) is 29.2. The Morgan fingerprint density at radius 1 is 0.540 bits per heavy atom. The maximum Gasteiger partial charge on any atom is 0.238 e. The molecule has 8 rings (SSSR count). The highest BCUT2D eigenvalue weighted by Crippen LogP contribution is 2.28. The van der Waals surface area contributed by atoms with E-state index in [-0.39, 0.29) is 11.8 Å². The first-order valence-electron chi connectivity index (χ1n) is 17.2. The molecular weight excluding hydrogens is 628 g/mol. The van der Waals surface area contributed by atoms with Crippen LogP contribution in [-0.4, -0.2) is 90.9 Å². The Morgan fingerprint density at radius 2 is 0.960 bits per heavy atom. The molecule has 2 saturated heterocycles. The Labute approximate surface area is 289 Å². The van der Waals surface area contributed by atoms with Crippen molar-refractivity contribution in [2.45, 2.75) is 25.7 Å². The molecule has 2 amide bonds. The maximum absolute atomic E-state index is 12.4. The Hall–Kier alpha value is -5.72. The summed E-state index contributed by atoms with van der Waals surface area (Å²) in [6.45, 7) is 4.81. The summed E-state index contributed by atoms with van der Waals surface area (Å²) >= 11 is 0. The lowest BCUT2D eigenvalue weighted by molar-refractivity contribution is -0.117. The van der Waals surface area contributed by atoms with E-state index >= 15 is 0 Å². The number of carbonyl (C=O) groups excluding carboxylic acids is 2. The van der Waals surface area contributed by atoms with Gasteiger partial charge in [-0.15, -0.1) is 10.2 Å². The highest BCUT2D eigenvalue weighted by Gasteiger charge is 2.17. The van der Waals surface area contributed by atoms with Crippen LogP contribution in [0.5, 0.6) is 0 Å². The second-order valence-corrected chi connectivity index (χ2v) is 13.0. The molecule has 0 spiro atoms. The van der Waals surface area contributed by atoms with E-state index in [1.165, 1.54) is 0 Å². The Morgan fingerprint density at radius 3 is 1.38 bits per heavy atom. The van der Waals surface area contributed by atoms with Gasteiger partial charge in [-0.3, -0.25) is 19.4 Å². The first-order chi connectivity index (χ1) is 24.5.